The minimum absolute atomic E-state index is 0.147. The molecule has 2 atom stereocenters. The van der Waals surface area contributed by atoms with Gasteiger partial charge in [0, 0.05) is 42.8 Å². The maximum atomic E-state index is 13.2. The fourth-order valence-electron chi connectivity index (χ4n) is 3.59. The smallest absolute Gasteiger partial charge is 0.361 e. The van der Waals surface area contributed by atoms with Crippen molar-refractivity contribution in [2.45, 2.75) is 31.6 Å². The number of amides is 1. The van der Waals surface area contributed by atoms with E-state index in [2.05, 4.69) is 10.3 Å². The molecule has 1 saturated heterocycles. The van der Waals surface area contributed by atoms with Crippen LogP contribution >= 0.6 is 11.8 Å². The predicted octanol–water partition coefficient (Wildman–Crippen LogP) is 3.04. The molecule has 168 valence electrons. The fourth-order valence-corrected chi connectivity index (χ4v) is 4.23. The van der Waals surface area contributed by atoms with E-state index in [0.717, 1.165) is 16.5 Å². The number of aromatic amines is 1. The number of piperazine rings is 1. The Morgan fingerprint density at radius 3 is 2.74 bits per heavy atom. The zero-order valence-electron chi connectivity index (χ0n) is 17.2. The Morgan fingerprint density at radius 2 is 2.03 bits per heavy atom. The van der Waals surface area contributed by atoms with E-state index >= 15 is 0 Å². The number of fused-ring (bicyclic) bond motifs is 1. The topological polar surface area (TPSA) is 99.1 Å². The Morgan fingerprint density at radius 1 is 1.32 bits per heavy atom. The number of hydrogen-bond acceptors (Lipinski definition) is 5. The molecule has 0 bridgehead atoms. The summed E-state index contributed by atoms with van der Waals surface area (Å²) in [6.45, 7) is 1.81. The van der Waals surface area contributed by atoms with Crippen molar-refractivity contribution in [1.29, 1.82) is 10.8 Å². The van der Waals surface area contributed by atoms with Crippen molar-refractivity contribution in [2.24, 2.45) is 0 Å². The molecule has 0 radical (unpaired) electrons. The number of rotatable bonds is 3. The number of likely N-dealkylation sites (N-methyl/N-ethyl adjacent to an activating group) is 1. The predicted molar refractivity (Wildman–Crippen MR) is 117 cm³/mol. The summed E-state index contributed by atoms with van der Waals surface area (Å²) < 4.78 is 39.5. The van der Waals surface area contributed by atoms with Crippen LogP contribution in [-0.4, -0.2) is 75.8 Å². The molecule has 3 rings (SSSR count). The monoisotopic (exact) mass is 454 g/mol. The first-order chi connectivity index (χ1) is 14.6. The maximum absolute atomic E-state index is 13.2. The largest absolute Gasteiger partial charge is 0.405 e. The Labute approximate surface area is 182 Å². The summed E-state index contributed by atoms with van der Waals surface area (Å²) in [5.74, 6) is -0.649. The van der Waals surface area contributed by atoms with E-state index in [4.69, 9.17) is 10.8 Å². The van der Waals surface area contributed by atoms with Gasteiger partial charge in [-0.25, -0.2) is 0 Å². The molecule has 31 heavy (non-hydrogen) atoms. The number of hydrogen-bond donors (Lipinski definition) is 4. The molecule has 11 heteroatoms. The first-order valence-electron chi connectivity index (χ1n) is 9.79. The quantitative estimate of drug-likeness (QED) is 0.423. The Bertz CT molecular complexity index is 975. The van der Waals surface area contributed by atoms with Gasteiger partial charge in [0.2, 0.25) is 0 Å². The molecule has 2 heterocycles. The lowest BCUT2D eigenvalue weighted by Crippen LogP contribution is -2.58. The highest BCUT2D eigenvalue weighted by molar-refractivity contribution is 8.27. The van der Waals surface area contributed by atoms with Crippen LogP contribution in [0.1, 0.15) is 12.5 Å². The second-order valence-electron chi connectivity index (χ2n) is 7.66. The van der Waals surface area contributed by atoms with Crippen LogP contribution in [0, 0.1) is 10.8 Å². The zero-order chi connectivity index (χ0) is 22.8. The number of carbonyl (C=O) groups excluding carboxylic acids is 1. The van der Waals surface area contributed by atoms with Crippen LogP contribution in [0.3, 0.4) is 0 Å². The van der Waals surface area contributed by atoms with Gasteiger partial charge in [-0.2, -0.15) is 13.2 Å². The summed E-state index contributed by atoms with van der Waals surface area (Å²) in [5, 5.41) is 19.2. The third-order valence-electron chi connectivity index (χ3n) is 5.30. The maximum Gasteiger partial charge on any atom is 0.405 e. The van der Waals surface area contributed by atoms with Crippen LogP contribution in [0.4, 0.5) is 13.2 Å². The van der Waals surface area contributed by atoms with Gasteiger partial charge in [-0.15, -0.1) is 0 Å². The normalized spacial score (nSPS) is 18.7. The summed E-state index contributed by atoms with van der Waals surface area (Å²) in [6.07, 6.45) is -1.97. The molecular weight excluding hydrogens is 429 g/mol. The van der Waals surface area contributed by atoms with Gasteiger partial charge in [-0.1, -0.05) is 18.2 Å². The average Bonchev–Trinajstić information content (AvgIpc) is 3.10. The lowest BCUT2D eigenvalue weighted by Gasteiger charge is -2.40. The molecule has 1 aliphatic rings. The van der Waals surface area contributed by atoms with Crippen molar-refractivity contribution >= 4 is 38.8 Å². The summed E-state index contributed by atoms with van der Waals surface area (Å²) >= 11 is 0.569. The van der Waals surface area contributed by atoms with Gasteiger partial charge in [0.15, 0.2) is 10.2 Å². The number of halogens is 3. The van der Waals surface area contributed by atoms with Crippen molar-refractivity contribution in [3.63, 3.8) is 0 Å². The van der Waals surface area contributed by atoms with Gasteiger partial charge in [0.25, 0.3) is 5.91 Å². The van der Waals surface area contributed by atoms with Crippen molar-refractivity contribution < 1.29 is 18.0 Å². The lowest BCUT2D eigenvalue weighted by atomic mass is 10.1. The number of para-hydroxylation sites is 1. The molecule has 7 nitrogen and oxygen atoms in total. The molecule has 1 amide bonds. The van der Waals surface area contributed by atoms with Crippen LogP contribution in [0.2, 0.25) is 0 Å². The number of nitrogens with zero attached hydrogens (tertiary/aromatic N) is 2. The highest BCUT2D eigenvalue weighted by Crippen LogP contribution is 2.28. The van der Waals surface area contributed by atoms with Gasteiger partial charge >= 0.3 is 6.18 Å². The molecule has 0 aliphatic carbocycles. The van der Waals surface area contributed by atoms with E-state index in [9.17, 15) is 18.0 Å². The number of aromatic nitrogens is 1. The van der Waals surface area contributed by atoms with Crippen LogP contribution < -0.4 is 5.32 Å². The molecule has 2 aromatic rings. The van der Waals surface area contributed by atoms with Crippen LogP contribution in [0.5, 0.6) is 0 Å². The SMILES string of the molecule is CC(Cc1c[nH]c2ccccc12)NC(=O)C(=N)SC(=N)N1CCN(C)C(C(F)(F)F)C1. The van der Waals surface area contributed by atoms with Crippen LogP contribution in [0.15, 0.2) is 30.5 Å². The highest BCUT2D eigenvalue weighted by atomic mass is 32.2. The number of alkyl halides is 3. The molecule has 4 N–H and O–H groups in total. The van der Waals surface area contributed by atoms with Crippen molar-refractivity contribution in [1.82, 2.24) is 20.1 Å². The molecule has 2 unspecified atom stereocenters. The Hall–Kier alpha value is -2.53. The lowest BCUT2D eigenvalue weighted by molar-refractivity contribution is -0.189. The number of H-pyrrole nitrogens is 1. The standard InChI is InChI=1S/C20H25F3N6OS/c1-12(9-13-10-26-15-6-4-3-5-14(13)15)27-18(30)17(24)31-19(25)29-8-7-28(2)16(11-29)20(21,22)23/h3-6,10,12,16,24-26H,7-9,11H2,1-2H3,(H,27,30). The van der Waals surface area contributed by atoms with Crippen molar-refractivity contribution in [2.75, 3.05) is 26.7 Å². The molecule has 1 aliphatic heterocycles. The first kappa shape index (κ1) is 23.1. The van der Waals surface area contributed by atoms with Gasteiger partial charge in [0.1, 0.15) is 6.04 Å². The number of amidine groups is 1. The molecule has 1 aromatic carbocycles. The summed E-state index contributed by atoms with van der Waals surface area (Å²) in [4.78, 5) is 18.0. The van der Waals surface area contributed by atoms with Gasteiger partial charge < -0.3 is 15.2 Å². The number of thioether (sulfide) groups is 1. The van der Waals surface area contributed by atoms with E-state index in [0.29, 0.717) is 18.2 Å². The fraction of sp³-hybridized carbons (Fsp3) is 0.450. The van der Waals surface area contributed by atoms with E-state index in [1.165, 1.54) is 16.8 Å². The van der Waals surface area contributed by atoms with Crippen LogP contribution in [0.25, 0.3) is 10.9 Å². The molecule has 0 saturated carbocycles. The van der Waals surface area contributed by atoms with E-state index in [1.54, 1.807) is 0 Å². The summed E-state index contributed by atoms with van der Waals surface area (Å²) in [5.41, 5.74) is 2.03. The zero-order valence-corrected chi connectivity index (χ0v) is 18.0. The summed E-state index contributed by atoms with van der Waals surface area (Å²) in [7, 11) is 1.40. The molecule has 0 spiro atoms. The minimum Gasteiger partial charge on any atom is -0.361 e. The Kier molecular flexibility index (Phi) is 6.95. The first-order valence-corrected chi connectivity index (χ1v) is 10.6. The van der Waals surface area contributed by atoms with Crippen molar-refractivity contribution in [3.05, 3.63) is 36.0 Å². The van der Waals surface area contributed by atoms with Gasteiger partial charge in [-0.05, 0) is 43.8 Å². The molecule has 1 fully saturated rings. The van der Waals surface area contributed by atoms with Gasteiger partial charge in [0.05, 0.1) is 0 Å². The van der Waals surface area contributed by atoms with Gasteiger partial charge in [-0.3, -0.25) is 20.5 Å². The highest BCUT2D eigenvalue weighted by Gasteiger charge is 2.45. The van der Waals surface area contributed by atoms with Crippen LogP contribution in [-0.2, 0) is 11.2 Å². The van der Waals surface area contributed by atoms with Crippen molar-refractivity contribution in [3.8, 4) is 0 Å². The molecular formula is C20H25F3N6OS. The Balaban J connectivity index is 1.53. The van der Waals surface area contributed by atoms with E-state index in [-0.39, 0.29) is 24.3 Å². The second kappa shape index (κ2) is 9.31. The third kappa shape index (κ3) is 5.59. The third-order valence-corrected chi connectivity index (χ3v) is 6.14. The molecule has 1 aromatic heterocycles. The number of benzene rings is 1. The summed E-state index contributed by atoms with van der Waals surface area (Å²) in [6, 6.07) is 5.86. The number of carbonyl (C=O) groups is 1. The average molecular weight is 455 g/mol. The second-order valence-corrected chi connectivity index (χ2v) is 8.66. The van der Waals surface area contributed by atoms with E-state index < -0.39 is 29.7 Å². The van der Waals surface area contributed by atoms with E-state index in [1.807, 2.05) is 37.4 Å². The number of nitrogens with one attached hydrogen (secondary N) is 4. The minimum atomic E-state index is -4.40.